The van der Waals surface area contributed by atoms with E-state index in [0.29, 0.717) is 34.6 Å². The fourth-order valence-electron chi connectivity index (χ4n) is 3.36. The molecule has 1 heterocycles. The van der Waals surface area contributed by atoms with E-state index in [2.05, 4.69) is 16.5 Å². The van der Waals surface area contributed by atoms with Crippen LogP contribution in [-0.4, -0.2) is 15.7 Å². The van der Waals surface area contributed by atoms with Gasteiger partial charge in [0.05, 0.1) is 6.54 Å². The third-order valence-electron chi connectivity index (χ3n) is 5.16. The summed E-state index contributed by atoms with van der Waals surface area (Å²) >= 11 is 12.2. The van der Waals surface area contributed by atoms with Crippen LogP contribution < -0.4 is 10.1 Å². The van der Waals surface area contributed by atoms with Crippen molar-refractivity contribution < 1.29 is 9.53 Å². The predicted octanol–water partition coefficient (Wildman–Crippen LogP) is 6.69. The Bertz CT molecular complexity index is 1300. The smallest absolute Gasteiger partial charge is 0.256 e. The molecule has 0 saturated heterocycles. The summed E-state index contributed by atoms with van der Waals surface area (Å²) in [5.41, 5.74) is 4.55. The van der Waals surface area contributed by atoms with Gasteiger partial charge in [-0.1, -0.05) is 53.5 Å². The number of aryl methyl sites for hydroxylation is 2. The van der Waals surface area contributed by atoms with E-state index in [1.807, 2.05) is 50.2 Å². The lowest BCUT2D eigenvalue weighted by atomic mass is 10.1. The molecule has 0 unspecified atom stereocenters. The zero-order valence-electron chi connectivity index (χ0n) is 18.3. The van der Waals surface area contributed by atoms with Gasteiger partial charge in [0, 0.05) is 27.9 Å². The molecule has 0 fully saturated rings. The largest absolute Gasteiger partial charge is 0.489 e. The van der Waals surface area contributed by atoms with Crippen LogP contribution in [0.5, 0.6) is 5.75 Å². The number of hydrogen-bond acceptors (Lipinski definition) is 3. The average Bonchev–Trinajstić information content (AvgIpc) is 3.23. The van der Waals surface area contributed by atoms with Gasteiger partial charge in [-0.3, -0.25) is 9.48 Å². The molecule has 4 aromatic rings. The van der Waals surface area contributed by atoms with Crippen LogP contribution in [0.4, 0.5) is 5.82 Å². The SMILES string of the molecule is Cc1ccc(C)c(OCc2cccc(C(=O)Nc3ccn(Cc4ccc(Cl)cc4Cl)n3)c2)c1. The highest BCUT2D eigenvalue weighted by molar-refractivity contribution is 6.35. The molecule has 0 atom stereocenters. The number of aromatic nitrogens is 2. The van der Waals surface area contributed by atoms with Gasteiger partial charge in [0.1, 0.15) is 12.4 Å². The maximum absolute atomic E-state index is 12.8. The van der Waals surface area contributed by atoms with Crippen molar-refractivity contribution in [2.75, 3.05) is 5.32 Å². The van der Waals surface area contributed by atoms with E-state index in [9.17, 15) is 4.79 Å². The van der Waals surface area contributed by atoms with Gasteiger partial charge < -0.3 is 10.1 Å². The molecule has 5 nitrogen and oxygen atoms in total. The molecule has 0 spiro atoms. The van der Waals surface area contributed by atoms with Crippen LogP contribution in [0.25, 0.3) is 0 Å². The third-order valence-corrected chi connectivity index (χ3v) is 5.74. The van der Waals surface area contributed by atoms with Crippen LogP contribution >= 0.6 is 23.2 Å². The maximum atomic E-state index is 12.8. The Kier molecular flexibility index (Phi) is 7.02. The molecule has 3 aromatic carbocycles. The Morgan fingerprint density at radius 2 is 1.88 bits per heavy atom. The summed E-state index contributed by atoms with van der Waals surface area (Å²) in [4.78, 5) is 12.8. The van der Waals surface area contributed by atoms with E-state index in [0.717, 1.165) is 28.0 Å². The molecule has 1 N–H and O–H groups in total. The number of anilines is 1. The minimum atomic E-state index is -0.238. The second kappa shape index (κ2) is 10.1. The number of hydrogen-bond donors (Lipinski definition) is 1. The van der Waals surface area contributed by atoms with Crippen molar-refractivity contribution >= 4 is 34.9 Å². The average molecular weight is 480 g/mol. The zero-order chi connectivity index (χ0) is 23.4. The molecule has 7 heteroatoms. The second-order valence-corrected chi connectivity index (χ2v) is 8.69. The summed E-state index contributed by atoms with van der Waals surface area (Å²) in [6.45, 7) is 4.89. The highest BCUT2D eigenvalue weighted by atomic mass is 35.5. The van der Waals surface area contributed by atoms with Crippen LogP contribution in [0, 0.1) is 13.8 Å². The molecule has 0 radical (unpaired) electrons. The fraction of sp³-hybridized carbons (Fsp3) is 0.154. The van der Waals surface area contributed by atoms with Crippen LogP contribution in [0.3, 0.4) is 0 Å². The van der Waals surface area contributed by atoms with Crippen molar-refractivity contribution in [2.24, 2.45) is 0 Å². The summed E-state index contributed by atoms with van der Waals surface area (Å²) in [6, 6.07) is 20.6. The lowest BCUT2D eigenvalue weighted by Gasteiger charge is -2.11. The van der Waals surface area contributed by atoms with Crippen LogP contribution in [0.15, 0.2) is 72.9 Å². The van der Waals surface area contributed by atoms with Crippen LogP contribution in [0.2, 0.25) is 10.0 Å². The van der Waals surface area contributed by atoms with E-state index in [1.165, 1.54) is 0 Å². The highest BCUT2D eigenvalue weighted by Crippen LogP contribution is 2.23. The van der Waals surface area contributed by atoms with Crippen molar-refractivity contribution in [1.82, 2.24) is 9.78 Å². The maximum Gasteiger partial charge on any atom is 0.256 e. The summed E-state index contributed by atoms with van der Waals surface area (Å²) in [5, 5.41) is 8.41. The molecular weight excluding hydrogens is 457 g/mol. The van der Waals surface area contributed by atoms with Crippen molar-refractivity contribution in [3.8, 4) is 5.75 Å². The Labute approximate surface area is 202 Å². The van der Waals surface area contributed by atoms with Gasteiger partial charge in [0.15, 0.2) is 5.82 Å². The summed E-state index contributed by atoms with van der Waals surface area (Å²) in [7, 11) is 0. The molecular formula is C26H23Cl2N3O2. The van der Waals surface area contributed by atoms with Gasteiger partial charge in [0.2, 0.25) is 0 Å². The monoisotopic (exact) mass is 479 g/mol. The molecule has 0 aliphatic rings. The minimum absolute atomic E-state index is 0.238. The summed E-state index contributed by atoms with van der Waals surface area (Å²) < 4.78 is 7.67. The van der Waals surface area contributed by atoms with Crippen molar-refractivity contribution in [1.29, 1.82) is 0 Å². The van der Waals surface area contributed by atoms with Gasteiger partial charge in [-0.05, 0) is 66.4 Å². The normalized spacial score (nSPS) is 10.8. The predicted molar refractivity (Wildman–Crippen MR) is 132 cm³/mol. The van der Waals surface area contributed by atoms with E-state index < -0.39 is 0 Å². The second-order valence-electron chi connectivity index (χ2n) is 7.85. The minimum Gasteiger partial charge on any atom is -0.489 e. The Morgan fingerprint density at radius 3 is 2.70 bits per heavy atom. The molecule has 1 aromatic heterocycles. The number of amides is 1. The summed E-state index contributed by atoms with van der Waals surface area (Å²) in [6.07, 6.45) is 1.79. The zero-order valence-corrected chi connectivity index (χ0v) is 19.8. The van der Waals surface area contributed by atoms with Crippen LogP contribution in [-0.2, 0) is 13.2 Å². The number of rotatable bonds is 7. The first-order valence-corrected chi connectivity index (χ1v) is 11.2. The van der Waals surface area contributed by atoms with E-state index in [-0.39, 0.29) is 5.91 Å². The number of halogens is 2. The standard InChI is InChI=1S/C26H23Cl2N3O2/c1-17-6-7-18(2)24(12-17)33-16-19-4-3-5-20(13-19)26(32)29-25-10-11-31(30-25)15-21-8-9-22(27)14-23(21)28/h3-14H,15-16H2,1-2H3,(H,29,30,32). The first kappa shape index (κ1) is 22.9. The Hall–Kier alpha value is -3.28. The number of nitrogens with one attached hydrogen (secondary N) is 1. The fourth-order valence-corrected chi connectivity index (χ4v) is 3.82. The van der Waals surface area contributed by atoms with E-state index in [1.54, 1.807) is 35.1 Å². The quantitative estimate of drug-likeness (QED) is 0.321. The third kappa shape index (κ3) is 5.95. The molecule has 33 heavy (non-hydrogen) atoms. The Morgan fingerprint density at radius 1 is 1.03 bits per heavy atom. The molecule has 0 saturated carbocycles. The van der Waals surface area contributed by atoms with Gasteiger partial charge in [-0.2, -0.15) is 5.10 Å². The topological polar surface area (TPSA) is 56.1 Å². The van der Waals surface area contributed by atoms with Crippen LogP contribution in [0.1, 0.15) is 32.6 Å². The lowest BCUT2D eigenvalue weighted by molar-refractivity contribution is 0.102. The molecule has 0 aliphatic heterocycles. The summed E-state index contributed by atoms with van der Waals surface area (Å²) in [5.74, 6) is 1.07. The van der Waals surface area contributed by atoms with Gasteiger partial charge in [-0.15, -0.1) is 0 Å². The molecule has 0 aliphatic carbocycles. The molecule has 4 rings (SSSR count). The number of benzene rings is 3. The van der Waals surface area contributed by atoms with Gasteiger partial charge >= 0.3 is 0 Å². The number of carbonyl (C=O) groups is 1. The first-order valence-electron chi connectivity index (χ1n) is 10.4. The molecule has 168 valence electrons. The van der Waals surface area contributed by atoms with Crippen molar-refractivity contribution in [3.63, 3.8) is 0 Å². The van der Waals surface area contributed by atoms with E-state index in [4.69, 9.17) is 27.9 Å². The van der Waals surface area contributed by atoms with Gasteiger partial charge in [-0.25, -0.2) is 0 Å². The Balaban J connectivity index is 1.39. The van der Waals surface area contributed by atoms with Gasteiger partial charge in [0.25, 0.3) is 5.91 Å². The number of nitrogens with zero attached hydrogens (tertiary/aromatic N) is 2. The molecule has 1 amide bonds. The number of ether oxygens (including phenoxy) is 1. The lowest BCUT2D eigenvalue weighted by Crippen LogP contribution is -2.13. The van der Waals surface area contributed by atoms with Crippen molar-refractivity contribution in [2.45, 2.75) is 27.0 Å². The number of carbonyl (C=O) groups excluding carboxylic acids is 1. The van der Waals surface area contributed by atoms with Crippen molar-refractivity contribution in [3.05, 3.63) is 111 Å². The van der Waals surface area contributed by atoms with E-state index >= 15 is 0 Å². The highest BCUT2D eigenvalue weighted by Gasteiger charge is 2.10. The molecule has 0 bridgehead atoms. The first-order chi connectivity index (χ1) is 15.9.